The van der Waals surface area contributed by atoms with E-state index in [-0.39, 0.29) is 23.9 Å². The minimum absolute atomic E-state index is 0.0628. The molecule has 0 aliphatic heterocycles. The highest BCUT2D eigenvalue weighted by atomic mass is 16.4. The minimum Gasteiger partial charge on any atom is -0.409 e. The van der Waals surface area contributed by atoms with Gasteiger partial charge in [0, 0.05) is 25.6 Å². The molecular formula is C11H25N3O2. The summed E-state index contributed by atoms with van der Waals surface area (Å²) in [5, 5.41) is 23.7. The largest absolute Gasteiger partial charge is 0.409 e. The number of hydrogen-bond acceptors (Lipinski definition) is 4. The summed E-state index contributed by atoms with van der Waals surface area (Å²) in [6, 6.07) is 0.217. The van der Waals surface area contributed by atoms with Crippen molar-refractivity contribution in [2.45, 2.75) is 46.1 Å². The molecule has 5 heteroatoms. The minimum atomic E-state index is 0.0628. The second-order valence-corrected chi connectivity index (χ2v) is 4.92. The number of nitrogens with one attached hydrogen (secondary N) is 1. The first kappa shape index (κ1) is 15.2. The zero-order valence-corrected chi connectivity index (χ0v) is 10.5. The summed E-state index contributed by atoms with van der Waals surface area (Å²) in [6.45, 7) is 7.27. The molecule has 96 valence electrons. The van der Waals surface area contributed by atoms with Gasteiger partial charge in [0.2, 0.25) is 0 Å². The van der Waals surface area contributed by atoms with Gasteiger partial charge in [0.1, 0.15) is 5.84 Å². The highest BCUT2D eigenvalue weighted by molar-refractivity contribution is 5.80. The Labute approximate surface area is 97.7 Å². The topological polar surface area (TPSA) is 90.9 Å². The van der Waals surface area contributed by atoms with Crippen molar-refractivity contribution in [1.82, 2.24) is 5.32 Å². The van der Waals surface area contributed by atoms with Crippen LogP contribution in [0.15, 0.2) is 5.16 Å². The van der Waals surface area contributed by atoms with E-state index in [2.05, 4.69) is 31.2 Å². The van der Waals surface area contributed by atoms with Gasteiger partial charge < -0.3 is 21.4 Å². The Bertz CT molecular complexity index is 217. The third-order valence-corrected chi connectivity index (χ3v) is 2.73. The molecule has 0 saturated heterocycles. The van der Waals surface area contributed by atoms with Gasteiger partial charge in [-0.25, -0.2) is 0 Å². The molecule has 16 heavy (non-hydrogen) atoms. The molecule has 0 aromatic carbocycles. The monoisotopic (exact) mass is 231 g/mol. The van der Waals surface area contributed by atoms with Gasteiger partial charge >= 0.3 is 0 Å². The summed E-state index contributed by atoms with van der Waals surface area (Å²) in [6.07, 6.45) is 2.23. The Kier molecular flexibility index (Phi) is 7.08. The van der Waals surface area contributed by atoms with E-state index in [9.17, 15) is 0 Å². The second kappa shape index (κ2) is 7.46. The van der Waals surface area contributed by atoms with E-state index in [1.165, 1.54) is 0 Å². The van der Waals surface area contributed by atoms with E-state index in [1.807, 2.05) is 0 Å². The van der Waals surface area contributed by atoms with Crippen LogP contribution in [-0.4, -0.2) is 35.3 Å². The smallest absolute Gasteiger partial charge is 0.140 e. The summed E-state index contributed by atoms with van der Waals surface area (Å²) in [5.41, 5.74) is 5.53. The van der Waals surface area contributed by atoms with Gasteiger partial charge in [-0.05, 0) is 18.3 Å². The van der Waals surface area contributed by atoms with Crippen LogP contribution in [0.2, 0.25) is 0 Å². The molecule has 5 nitrogen and oxygen atoms in total. The molecule has 0 heterocycles. The zero-order valence-electron chi connectivity index (χ0n) is 10.5. The fourth-order valence-corrected chi connectivity index (χ4v) is 1.47. The molecule has 5 N–H and O–H groups in total. The lowest BCUT2D eigenvalue weighted by molar-refractivity contribution is 0.202. The van der Waals surface area contributed by atoms with Gasteiger partial charge in [0.25, 0.3) is 0 Å². The third-order valence-electron chi connectivity index (χ3n) is 2.73. The number of nitrogens with zero attached hydrogens (tertiary/aromatic N) is 1. The molecule has 0 aliphatic rings. The quantitative estimate of drug-likeness (QED) is 0.216. The van der Waals surface area contributed by atoms with Crippen LogP contribution >= 0.6 is 0 Å². The van der Waals surface area contributed by atoms with Crippen molar-refractivity contribution >= 4 is 5.84 Å². The number of aliphatic hydroxyl groups is 1. The predicted octanol–water partition coefficient (Wildman–Crippen LogP) is 0.900. The summed E-state index contributed by atoms with van der Waals surface area (Å²) < 4.78 is 0. The lowest BCUT2D eigenvalue weighted by Crippen LogP contribution is -2.39. The van der Waals surface area contributed by atoms with Crippen LogP contribution in [-0.2, 0) is 0 Å². The van der Waals surface area contributed by atoms with Gasteiger partial charge in [0.15, 0.2) is 0 Å². The fraction of sp³-hybridized carbons (Fsp3) is 0.909. The van der Waals surface area contributed by atoms with Crippen molar-refractivity contribution in [2.75, 3.05) is 13.2 Å². The number of aliphatic hydroxyl groups excluding tert-OH is 1. The Balaban J connectivity index is 4.04. The number of hydrogen-bond donors (Lipinski definition) is 4. The maximum absolute atomic E-state index is 8.91. The highest BCUT2D eigenvalue weighted by Crippen LogP contribution is 2.18. The number of amidine groups is 1. The maximum atomic E-state index is 8.91. The van der Waals surface area contributed by atoms with Crippen LogP contribution in [0.25, 0.3) is 0 Å². The molecule has 0 saturated carbocycles. The first-order valence-electron chi connectivity index (χ1n) is 5.76. The first-order valence-corrected chi connectivity index (χ1v) is 5.76. The SMILES string of the molecule is CCC(CC(N)=NO)NCC(C)(C)CCO. The van der Waals surface area contributed by atoms with Crippen molar-refractivity contribution in [1.29, 1.82) is 0 Å². The predicted molar refractivity (Wildman–Crippen MR) is 65.6 cm³/mol. The average Bonchev–Trinajstić information content (AvgIpc) is 2.23. The van der Waals surface area contributed by atoms with Gasteiger partial charge in [-0.3, -0.25) is 0 Å². The van der Waals surface area contributed by atoms with Crippen LogP contribution in [0.4, 0.5) is 0 Å². The molecule has 0 rings (SSSR count). The molecule has 0 aliphatic carbocycles. The van der Waals surface area contributed by atoms with Crippen molar-refractivity contribution in [3.8, 4) is 0 Å². The number of oxime groups is 1. The van der Waals surface area contributed by atoms with E-state index < -0.39 is 0 Å². The number of rotatable bonds is 8. The molecule has 0 aromatic heterocycles. The van der Waals surface area contributed by atoms with E-state index in [1.54, 1.807) is 0 Å². The van der Waals surface area contributed by atoms with E-state index in [0.717, 1.165) is 19.4 Å². The summed E-state index contributed by atoms with van der Waals surface area (Å²) >= 11 is 0. The Morgan fingerprint density at radius 1 is 1.50 bits per heavy atom. The first-order chi connectivity index (χ1) is 7.45. The lowest BCUT2D eigenvalue weighted by Gasteiger charge is -2.27. The van der Waals surface area contributed by atoms with Crippen LogP contribution < -0.4 is 11.1 Å². The van der Waals surface area contributed by atoms with E-state index in [4.69, 9.17) is 16.0 Å². The van der Waals surface area contributed by atoms with Crippen LogP contribution in [0.1, 0.15) is 40.0 Å². The molecule has 0 aromatic rings. The Hall–Kier alpha value is -0.810. The van der Waals surface area contributed by atoms with Gasteiger partial charge in [0.05, 0.1) is 0 Å². The van der Waals surface area contributed by atoms with E-state index in [0.29, 0.717) is 6.42 Å². The van der Waals surface area contributed by atoms with Crippen molar-refractivity contribution in [2.24, 2.45) is 16.3 Å². The molecular weight excluding hydrogens is 206 g/mol. The highest BCUT2D eigenvalue weighted by Gasteiger charge is 2.19. The second-order valence-electron chi connectivity index (χ2n) is 4.92. The molecule has 0 bridgehead atoms. The molecule has 0 radical (unpaired) electrons. The normalized spacial score (nSPS) is 15.1. The van der Waals surface area contributed by atoms with Gasteiger partial charge in [-0.2, -0.15) is 0 Å². The Morgan fingerprint density at radius 3 is 2.56 bits per heavy atom. The Morgan fingerprint density at radius 2 is 2.12 bits per heavy atom. The maximum Gasteiger partial charge on any atom is 0.140 e. The van der Waals surface area contributed by atoms with Crippen LogP contribution in [0.3, 0.4) is 0 Å². The fourth-order valence-electron chi connectivity index (χ4n) is 1.47. The number of nitrogens with two attached hydrogens (primary N) is 1. The molecule has 1 unspecified atom stereocenters. The average molecular weight is 231 g/mol. The standard InChI is InChI=1S/C11H25N3O2/c1-4-9(7-10(12)14-16)13-8-11(2,3)5-6-15/h9,13,15-16H,4-8H2,1-3H3,(H2,12,14). The van der Waals surface area contributed by atoms with Crippen molar-refractivity contribution < 1.29 is 10.3 Å². The van der Waals surface area contributed by atoms with Gasteiger partial charge in [-0.15, -0.1) is 0 Å². The lowest BCUT2D eigenvalue weighted by atomic mass is 9.89. The van der Waals surface area contributed by atoms with Crippen molar-refractivity contribution in [3.05, 3.63) is 0 Å². The molecule has 0 fully saturated rings. The third kappa shape index (κ3) is 6.63. The van der Waals surface area contributed by atoms with Crippen molar-refractivity contribution in [3.63, 3.8) is 0 Å². The summed E-state index contributed by atoms with van der Waals surface area (Å²) in [5.74, 6) is 0.249. The van der Waals surface area contributed by atoms with Gasteiger partial charge in [-0.1, -0.05) is 25.9 Å². The summed E-state index contributed by atoms with van der Waals surface area (Å²) in [4.78, 5) is 0. The van der Waals surface area contributed by atoms with E-state index >= 15 is 0 Å². The zero-order chi connectivity index (χ0) is 12.6. The van der Waals surface area contributed by atoms with Crippen LogP contribution in [0.5, 0.6) is 0 Å². The molecule has 0 amide bonds. The molecule has 1 atom stereocenters. The van der Waals surface area contributed by atoms with Crippen LogP contribution in [0, 0.1) is 5.41 Å². The molecule has 0 spiro atoms. The summed E-state index contributed by atoms with van der Waals surface area (Å²) in [7, 11) is 0.